The molecule has 0 aliphatic heterocycles. The molecule has 0 saturated heterocycles. The lowest BCUT2D eigenvalue weighted by Crippen LogP contribution is -2.36. The smallest absolute Gasteiger partial charge is 0.0608 e. The highest BCUT2D eigenvalue weighted by Crippen LogP contribution is 2.36. The average Bonchev–Trinajstić information content (AvgIpc) is 2.24. The first kappa shape index (κ1) is 14.0. The lowest BCUT2D eigenvalue weighted by Gasteiger charge is -2.39. The molecule has 1 fully saturated rings. The average molecular weight is 228 g/mol. The minimum atomic E-state index is 0.290. The number of hydrogen-bond acceptors (Lipinski definition) is 2. The van der Waals surface area contributed by atoms with Crippen LogP contribution in [0.15, 0.2) is 0 Å². The summed E-state index contributed by atoms with van der Waals surface area (Å²) in [6, 6.07) is 0. The van der Waals surface area contributed by atoms with Gasteiger partial charge in [-0.1, -0.05) is 33.6 Å². The van der Waals surface area contributed by atoms with Crippen LogP contribution in [0.1, 0.15) is 52.9 Å². The van der Waals surface area contributed by atoms with Gasteiger partial charge in [-0.05, 0) is 37.0 Å². The van der Waals surface area contributed by atoms with Gasteiger partial charge in [-0.2, -0.15) is 0 Å². The van der Waals surface area contributed by atoms with Crippen molar-refractivity contribution in [3.63, 3.8) is 0 Å². The number of aliphatic hydroxyl groups is 1. The molecule has 0 amide bonds. The van der Waals surface area contributed by atoms with E-state index in [1.165, 1.54) is 19.3 Å². The molecule has 1 saturated carbocycles. The molecule has 0 aromatic carbocycles. The summed E-state index contributed by atoms with van der Waals surface area (Å²) in [5.41, 5.74) is 0. The van der Waals surface area contributed by atoms with Gasteiger partial charge in [0.15, 0.2) is 0 Å². The number of rotatable bonds is 6. The van der Waals surface area contributed by atoms with Gasteiger partial charge in [0.1, 0.15) is 0 Å². The van der Waals surface area contributed by atoms with Crippen molar-refractivity contribution in [2.45, 2.75) is 59.0 Å². The molecule has 1 rings (SSSR count). The second-order valence-electron chi connectivity index (χ2n) is 5.57. The van der Waals surface area contributed by atoms with E-state index < -0.39 is 0 Å². The number of ether oxygens (including phenoxy) is 1. The van der Waals surface area contributed by atoms with Crippen LogP contribution >= 0.6 is 0 Å². The molecule has 1 N–H and O–H groups in total. The maximum atomic E-state index is 8.73. The van der Waals surface area contributed by atoms with Crippen molar-refractivity contribution in [1.82, 2.24) is 0 Å². The Kier molecular flexibility index (Phi) is 6.37. The molecule has 0 radical (unpaired) electrons. The molecule has 0 bridgehead atoms. The highest BCUT2D eigenvalue weighted by Gasteiger charge is 2.33. The van der Waals surface area contributed by atoms with E-state index in [-0.39, 0.29) is 6.61 Å². The van der Waals surface area contributed by atoms with Crippen molar-refractivity contribution in [3.8, 4) is 0 Å². The summed E-state index contributed by atoms with van der Waals surface area (Å²) >= 11 is 0. The van der Waals surface area contributed by atoms with Crippen LogP contribution in [0, 0.1) is 17.8 Å². The molecule has 2 nitrogen and oxygen atoms in total. The molecule has 0 heterocycles. The fourth-order valence-electron chi connectivity index (χ4n) is 3.12. The molecule has 3 unspecified atom stereocenters. The number of aliphatic hydroxyl groups excluding tert-OH is 1. The van der Waals surface area contributed by atoms with Gasteiger partial charge in [0, 0.05) is 13.2 Å². The minimum absolute atomic E-state index is 0.290. The Morgan fingerprint density at radius 2 is 2.00 bits per heavy atom. The third kappa shape index (κ3) is 4.06. The first-order valence-electron chi connectivity index (χ1n) is 6.89. The minimum Gasteiger partial charge on any atom is -0.396 e. The van der Waals surface area contributed by atoms with Gasteiger partial charge in [0.25, 0.3) is 0 Å². The third-order valence-corrected chi connectivity index (χ3v) is 3.89. The summed E-state index contributed by atoms with van der Waals surface area (Å²) in [4.78, 5) is 0. The van der Waals surface area contributed by atoms with Crippen LogP contribution in [0.4, 0.5) is 0 Å². The Hall–Kier alpha value is -0.0800. The van der Waals surface area contributed by atoms with Crippen LogP contribution < -0.4 is 0 Å². The van der Waals surface area contributed by atoms with Crippen LogP contribution in [0.2, 0.25) is 0 Å². The fraction of sp³-hybridized carbons (Fsp3) is 1.00. The van der Waals surface area contributed by atoms with Gasteiger partial charge < -0.3 is 9.84 Å². The Morgan fingerprint density at radius 1 is 1.25 bits per heavy atom. The molecular formula is C14H28O2. The molecule has 1 aliphatic rings. The Bertz CT molecular complexity index is 180. The SMILES string of the molecule is CC(C)C1C(C)CCCC1OCCCCO. The van der Waals surface area contributed by atoms with E-state index in [0.717, 1.165) is 37.2 Å². The second kappa shape index (κ2) is 7.29. The topological polar surface area (TPSA) is 29.5 Å². The van der Waals surface area contributed by atoms with Gasteiger partial charge in [-0.15, -0.1) is 0 Å². The first-order valence-corrected chi connectivity index (χ1v) is 6.89. The zero-order valence-corrected chi connectivity index (χ0v) is 11.1. The van der Waals surface area contributed by atoms with Crippen LogP contribution in [0.3, 0.4) is 0 Å². The fourth-order valence-corrected chi connectivity index (χ4v) is 3.12. The monoisotopic (exact) mass is 228 g/mol. The Labute approximate surface area is 100 Å². The number of hydrogen-bond donors (Lipinski definition) is 1. The van der Waals surface area contributed by atoms with Crippen LogP contribution in [-0.4, -0.2) is 24.4 Å². The second-order valence-corrected chi connectivity index (χ2v) is 5.57. The lowest BCUT2D eigenvalue weighted by atomic mass is 9.72. The van der Waals surface area contributed by atoms with Crippen molar-refractivity contribution in [3.05, 3.63) is 0 Å². The van der Waals surface area contributed by atoms with E-state index in [4.69, 9.17) is 9.84 Å². The molecule has 2 heteroatoms. The predicted molar refractivity (Wildman–Crippen MR) is 67.4 cm³/mol. The summed E-state index contributed by atoms with van der Waals surface area (Å²) in [6.07, 6.45) is 6.23. The van der Waals surface area contributed by atoms with Crippen molar-refractivity contribution in [2.24, 2.45) is 17.8 Å². The van der Waals surface area contributed by atoms with E-state index in [1.54, 1.807) is 0 Å². The van der Waals surface area contributed by atoms with E-state index in [1.807, 2.05) is 0 Å². The Morgan fingerprint density at radius 3 is 2.62 bits per heavy atom. The van der Waals surface area contributed by atoms with Gasteiger partial charge in [-0.25, -0.2) is 0 Å². The van der Waals surface area contributed by atoms with Crippen LogP contribution in [-0.2, 0) is 4.74 Å². The third-order valence-electron chi connectivity index (χ3n) is 3.89. The van der Waals surface area contributed by atoms with E-state index in [0.29, 0.717) is 6.10 Å². The van der Waals surface area contributed by atoms with E-state index >= 15 is 0 Å². The van der Waals surface area contributed by atoms with Gasteiger partial charge in [0.05, 0.1) is 6.10 Å². The first-order chi connectivity index (χ1) is 7.66. The van der Waals surface area contributed by atoms with Gasteiger partial charge >= 0.3 is 0 Å². The maximum absolute atomic E-state index is 8.73. The highest BCUT2D eigenvalue weighted by atomic mass is 16.5. The van der Waals surface area contributed by atoms with Crippen molar-refractivity contribution in [2.75, 3.05) is 13.2 Å². The van der Waals surface area contributed by atoms with Crippen molar-refractivity contribution in [1.29, 1.82) is 0 Å². The quantitative estimate of drug-likeness (QED) is 0.707. The molecule has 0 aromatic rings. The van der Waals surface area contributed by atoms with Crippen molar-refractivity contribution < 1.29 is 9.84 Å². The maximum Gasteiger partial charge on any atom is 0.0608 e. The summed E-state index contributed by atoms with van der Waals surface area (Å²) < 4.78 is 6.02. The summed E-state index contributed by atoms with van der Waals surface area (Å²) in [5.74, 6) is 2.25. The normalized spacial score (nSPS) is 30.9. The van der Waals surface area contributed by atoms with Gasteiger partial charge in [-0.3, -0.25) is 0 Å². The lowest BCUT2D eigenvalue weighted by molar-refractivity contribution is -0.0481. The predicted octanol–water partition coefficient (Wildman–Crippen LogP) is 3.24. The van der Waals surface area contributed by atoms with E-state index in [2.05, 4.69) is 20.8 Å². The largest absolute Gasteiger partial charge is 0.396 e. The Balaban J connectivity index is 2.36. The molecule has 0 spiro atoms. The summed E-state index contributed by atoms with van der Waals surface area (Å²) in [7, 11) is 0. The molecular weight excluding hydrogens is 200 g/mol. The van der Waals surface area contributed by atoms with Gasteiger partial charge in [0.2, 0.25) is 0 Å². The molecule has 3 atom stereocenters. The standard InChI is InChI=1S/C14H28O2/c1-11(2)14-12(3)7-6-8-13(14)16-10-5-4-9-15/h11-15H,4-10H2,1-3H3. The summed E-state index contributed by atoms with van der Waals surface area (Å²) in [6.45, 7) is 8.11. The van der Waals surface area contributed by atoms with E-state index in [9.17, 15) is 0 Å². The molecule has 16 heavy (non-hydrogen) atoms. The van der Waals surface area contributed by atoms with Crippen LogP contribution in [0.25, 0.3) is 0 Å². The number of unbranched alkanes of at least 4 members (excludes halogenated alkanes) is 1. The molecule has 1 aliphatic carbocycles. The molecule has 0 aromatic heterocycles. The van der Waals surface area contributed by atoms with Crippen LogP contribution in [0.5, 0.6) is 0 Å². The molecule has 96 valence electrons. The highest BCUT2D eigenvalue weighted by molar-refractivity contribution is 4.82. The zero-order chi connectivity index (χ0) is 12.0. The summed E-state index contributed by atoms with van der Waals surface area (Å²) in [5, 5.41) is 8.73. The van der Waals surface area contributed by atoms with Crippen molar-refractivity contribution >= 4 is 0 Å². The zero-order valence-electron chi connectivity index (χ0n) is 11.1.